The minimum atomic E-state index is -0.967. The van der Waals surface area contributed by atoms with Gasteiger partial charge in [0.1, 0.15) is 18.1 Å². The van der Waals surface area contributed by atoms with Gasteiger partial charge in [0.05, 0.1) is 5.56 Å². The Morgan fingerprint density at radius 2 is 1.78 bits per heavy atom. The third-order valence-corrected chi connectivity index (χ3v) is 4.08. The molecule has 3 rings (SSSR count). The van der Waals surface area contributed by atoms with Crippen molar-refractivity contribution in [3.05, 3.63) is 70.9 Å². The van der Waals surface area contributed by atoms with Crippen LogP contribution in [0.5, 0.6) is 5.75 Å². The van der Waals surface area contributed by atoms with Crippen molar-refractivity contribution in [3.63, 3.8) is 0 Å². The van der Waals surface area contributed by atoms with E-state index in [1.165, 1.54) is 12.1 Å². The number of ether oxygens (including phenoxy) is 1. The molecule has 0 radical (unpaired) electrons. The van der Waals surface area contributed by atoms with Gasteiger partial charge >= 0.3 is 12.0 Å². The lowest BCUT2D eigenvalue weighted by molar-refractivity contribution is -0.122. The van der Waals surface area contributed by atoms with Gasteiger partial charge in [0.2, 0.25) is 0 Å². The van der Waals surface area contributed by atoms with Crippen LogP contribution in [0.2, 0.25) is 0 Å². The number of carboxylic acid groups (broad SMARTS) is 1. The van der Waals surface area contributed by atoms with Crippen molar-refractivity contribution < 1.29 is 24.2 Å². The maximum absolute atomic E-state index is 12.1. The highest BCUT2D eigenvalue weighted by molar-refractivity contribution is 6.13. The average Bonchev–Trinajstić information content (AvgIpc) is 2.94. The molecule has 0 saturated carbocycles. The van der Waals surface area contributed by atoms with E-state index in [0.29, 0.717) is 18.9 Å². The Bertz CT molecular complexity index is 901. The molecule has 138 valence electrons. The number of hydrogen-bond acceptors (Lipinski definition) is 4. The summed E-state index contributed by atoms with van der Waals surface area (Å²) in [5.41, 5.74) is 2.08. The van der Waals surface area contributed by atoms with E-state index in [1.807, 2.05) is 0 Å². The van der Waals surface area contributed by atoms with Crippen molar-refractivity contribution in [1.29, 1.82) is 0 Å². The zero-order chi connectivity index (χ0) is 19.4. The third-order valence-electron chi connectivity index (χ3n) is 4.08. The van der Waals surface area contributed by atoms with Crippen LogP contribution in [0.1, 0.15) is 28.4 Å². The molecular weight excluding hydrogens is 348 g/mol. The van der Waals surface area contributed by atoms with E-state index in [2.05, 4.69) is 5.32 Å². The second kappa shape index (κ2) is 7.74. The van der Waals surface area contributed by atoms with E-state index in [0.717, 1.165) is 16.0 Å². The predicted molar refractivity (Wildman–Crippen MR) is 98.1 cm³/mol. The summed E-state index contributed by atoms with van der Waals surface area (Å²) in [4.78, 5) is 35.7. The Morgan fingerprint density at radius 3 is 2.33 bits per heavy atom. The molecule has 1 saturated heterocycles. The van der Waals surface area contributed by atoms with E-state index in [-0.39, 0.29) is 17.2 Å². The lowest BCUT2D eigenvalue weighted by atomic mass is 10.1. The van der Waals surface area contributed by atoms with Gasteiger partial charge in [-0.3, -0.25) is 9.69 Å². The van der Waals surface area contributed by atoms with Gasteiger partial charge in [-0.05, 0) is 48.4 Å². The number of nitrogens with one attached hydrogen (secondary N) is 1. The van der Waals surface area contributed by atoms with Gasteiger partial charge in [-0.15, -0.1) is 0 Å². The van der Waals surface area contributed by atoms with Gasteiger partial charge < -0.3 is 15.2 Å². The summed E-state index contributed by atoms with van der Waals surface area (Å²) >= 11 is 0. The lowest BCUT2D eigenvalue weighted by Crippen LogP contribution is -2.30. The summed E-state index contributed by atoms with van der Waals surface area (Å²) in [6, 6.07) is 13.1. The van der Waals surface area contributed by atoms with Gasteiger partial charge in [-0.2, -0.15) is 0 Å². The Kier molecular flexibility index (Phi) is 5.21. The molecule has 7 heteroatoms. The highest BCUT2D eigenvalue weighted by Crippen LogP contribution is 2.18. The number of aromatic carboxylic acids is 1. The Labute approximate surface area is 155 Å². The van der Waals surface area contributed by atoms with Gasteiger partial charge in [-0.25, -0.2) is 9.59 Å². The maximum Gasteiger partial charge on any atom is 0.335 e. The van der Waals surface area contributed by atoms with Gasteiger partial charge in [0, 0.05) is 6.54 Å². The number of likely N-dealkylation sites (N-methyl/N-ethyl adjacent to an activating group) is 1. The summed E-state index contributed by atoms with van der Waals surface area (Å²) in [5, 5.41) is 11.4. The number of carbonyl (C=O) groups excluding carboxylic acids is 2. The second-order valence-corrected chi connectivity index (χ2v) is 5.90. The number of amides is 3. The molecule has 2 aromatic carbocycles. The molecule has 0 unspecified atom stereocenters. The van der Waals surface area contributed by atoms with E-state index in [1.54, 1.807) is 49.4 Å². The number of carboxylic acids is 1. The normalized spacial score (nSPS) is 15.1. The van der Waals surface area contributed by atoms with Crippen molar-refractivity contribution in [2.45, 2.75) is 13.5 Å². The summed E-state index contributed by atoms with van der Waals surface area (Å²) in [7, 11) is 0. The number of imide groups is 1. The predicted octanol–water partition coefficient (Wildman–Crippen LogP) is 2.88. The average molecular weight is 366 g/mol. The fraction of sp³-hybridized carbons (Fsp3) is 0.150. The van der Waals surface area contributed by atoms with Crippen molar-refractivity contribution in [2.75, 3.05) is 6.54 Å². The van der Waals surface area contributed by atoms with Crippen LogP contribution in [0.25, 0.3) is 6.08 Å². The molecule has 1 aliphatic rings. The van der Waals surface area contributed by atoms with E-state index < -0.39 is 12.0 Å². The number of nitrogens with zero attached hydrogens (tertiary/aromatic N) is 1. The number of benzene rings is 2. The molecular formula is C20H18N2O5. The molecule has 27 heavy (non-hydrogen) atoms. The maximum atomic E-state index is 12.1. The minimum absolute atomic E-state index is 0.228. The third kappa shape index (κ3) is 4.14. The molecule has 1 fully saturated rings. The fourth-order valence-electron chi connectivity index (χ4n) is 2.60. The van der Waals surface area contributed by atoms with Crippen LogP contribution in [0.3, 0.4) is 0 Å². The molecule has 0 spiro atoms. The first-order valence-corrected chi connectivity index (χ1v) is 8.37. The molecule has 7 nitrogen and oxygen atoms in total. The van der Waals surface area contributed by atoms with Gasteiger partial charge in [-0.1, -0.05) is 24.3 Å². The highest BCUT2D eigenvalue weighted by Gasteiger charge is 2.31. The molecule has 0 aromatic heterocycles. The molecule has 3 amide bonds. The number of rotatable bonds is 6. The lowest BCUT2D eigenvalue weighted by Gasteiger charge is -2.07. The molecule has 0 atom stereocenters. The number of hydrogen-bond donors (Lipinski definition) is 2. The van der Waals surface area contributed by atoms with Gasteiger partial charge in [0.25, 0.3) is 5.91 Å². The zero-order valence-electron chi connectivity index (χ0n) is 14.6. The summed E-state index contributed by atoms with van der Waals surface area (Å²) in [6.07, 6.45) is 1.62. The van der Waals surface area contributed by atoms with E-state index in [9.17, 15) is 14.4 Å². The Morgan fingerprint density at radius 1 is 1.11 bits per heavy atom. The van der Waals surface area contributed by atoms with Crippen molar-refractivity contribution >= 4 is 24.0 Å². The summed E-state index contributed by atoms with van der Waals surface area (Å²) < 4.78 is 5.68. The van der Waals surface area contributed by atoms with Crippen LogP contribution in [0.15, 0.2) is 54.2 Å². The Hall–Kier alpha value is -3.61. The molecule has 0 aliphatic carbocycles. The van der Waals surface area contributed by atoms with Crippen LogP contribution in [-0.4, -0.2) is 34.5 Å². The van der Waals surface area contributed by atoms with Crippen LogP contribution in [-0.2, 0) is 11.4 Å². The summed E-state index contributed by atoms with van der Waals surface area (Å²) in [6.45, 7) is 2.37. The molecule has 1 aliphatic heterocycles. The van der Waals surface area contributed by atoms with Gasteiger partial charge in [0.15, 0.2) is 0 Å². The molecule has 2 aromatic rings. The number of carbonyl (C=O) groups is 3. The topological polar surface area (TPSA) is 95.9 Å². The number of urea groups is 1. The van der Waals surface area contributed by atoms with Crippen LogP contribution >= 0.6 is 0 Å². The van der Waals surface area contributed by atoms with Crippen LogP contribution in [0, 0.1) is 0 Å². The van der Waals surface area contributed by atoms with Crippen LogP contribution < -0.4 is 10.1 Å². The first-order chi connectivity index (χ1) is 13.0. The monoisotopic (exact) mass is 366 g/mol. The van der Waals surface area contributed by atoms with Crippen molar-refractivity contribution in [2.24, 2.45) is 0 Å². The minimum Gasteiger partial charge on any atom is -0.489 e. The van der Waals surface area contributed by atoms with Crippen LogP contribution in [0.4, 0.5) is 4.79 Å². The van der Waals surface area contributed by atoms with E-state index >= 15 is 0 Å². The zero-order valence-corrected chi connectivity index (χ0v) is 14.6. The first-order valence-electron chi connectivity index (χ1n) is 8.37. The van der Waals surface area contributed by atoms with Crippen molar-refractivity contribution in [3.8, 4) is 5.75 Å². The first kappa shape index (κ1) is 18.2. The standard InChI is InChI=1S/C20H18N2O5/c1-2-22-18(23)17(21-20(22)26)11-13-5-9-16(10-6-13)27-12-14-3-7-15(8-4-14)19(24)25/h3-11H,2,12H2,1H3,(H,21,26)(H,24,25)/b17-11+. The summed E-state index contributed by atoms with van der Waals surface area (Å²) in [5.74, 6) is -0.671. The quantitative estimate of drug-likeness (QED) is 0.605. The van der Waals surface area contributed by atoms with Crippen molar-refractivity contribution in [1.82, 2.24) is 10.2 Å². The largest absolute Gasteiger partial charge is 0.489 e. The second-order valence-electron chi connectivity index (χ2n) is 5.90. The van der Waals surface area contributed by atoms with E-state index in [4.69, 9.17) is 9.84 Å². The highest BCUT2D eigenvalue weighted by atomic mass is 16.5. The fourth-order valence-corrected chi connectivity index (χ4v) is 2.60. The molecule has 2 N–H and O–H groups in total. The smallest absolute Gasteiger partial charge is 0.335 e. The Balaban J connectivity index is 1.62. The molecule has 1 heterocycles. The SMILES string of the molecule is CCN1C(=O)N/C(=C/c2ccc(OCc3ccc(C(=O)O)cc3)cc2)C1=O. The molecule has 0 bridgehead atoms.